The molecule has 1 fully saturated rings. The maximum absolute atomic E-state index is 12.5. The molecule has 0 spiro atoms. The number of carbonyl (C=O) groups excluding carboxylic acids is 1. The summed E-state index contributed by atoms with van der Waals surface area (Å²) in [5.74, 6) is -0.0125. The van der Waals surface area contributed by atoms with E-state index in [0.717, 1.165) is 19.4 Å². The molecule has 2 aromatic rings. The number of H-pyrrole nitrogens is 1. The molecule has 2 aromatic heterocycles. The molecule has 3 rings (SSSR count). The van der Waals surface area contributed by atoms with Crippen molar-refractivity contribution in [1.82, 2.24) is 19.7 Å². The van der Waals surface area contributed by atoms with Crippen LogP contribution in [0.3, 0.4) is 0 Å². The Kier molecular flexibility index (Phi) is 5.47. The molecule has 0 atom stereocenters. The molecule has 0 aromatic carbocycles. The highest BCUT2D eigenvalue weighted by molar-refractivity contribution is 8.01. The molecule has 4 N–H and O–H groups in total. The number of thioether (sulfide) groups is 1. The maximum Gasteiger partial charge on any atom is 0.330 e. The van der Waals surface area contributed by atoms with Gasteiger partial charge in [0.15, 0.2) is 10.1 Å². The van der Waals surface area contributed by atoms with Crippen molar-refractivity contribution in [3.05, 3.63) is 26.4 Å². The number of carbonyl (C=O) groups is 1. The molecular formula is C15H20N6O3S2. The van der Waals surface area contributed by atoms with Crippen molar-refractivity contribution < 1.29 is 4.79 Å². The fourth-order valence-electron chi connectivity index (χ4n) is 2.36. The zero-order chi connectivity index (χ0) is 18.8. The Labute approximate surface area is 157 Å². The van der Waals surface area contributed by atoms with E-state index >= 15 is 0 Å². The molecule has 1 saturated carbocycles. The predicted octanol–water partition coefficient (Wildman–Crippen LogP) is 1.35. The van der Waals surface area contributed by atoms with Gasteiger partial charge in [0.25, 0.3) is 5.56 Å². The first kappa shape index (κ1) is 18.6. The Morgan fingerprint density at radius 2 is 2.15 bits per heavy atom. The van der Waals surface area contributed by atoms with Crippen LogP contribution in [0.1, 0.15) is 43.1 Å². The molecule has 11 heteroatoms. The lowest BCUT2D eigenvalue weighted by Gasteiger charge is -2.10. The number of nitrogens with one attached hydrogen (secondary N) is 2. The summed E-state index contributed by atoms with van der Waals surface area (Å²) in [7, 11) is 0. The molecule has 1 aliphatic rings. The fraction of sp³-hybridized carbons (Fsp3) is 0.533. The van der Waals surface area contributed by atoms with Gasteiger partial charge in [0.1, 0.15) is 11.4 Å². The van der Waals surface area contributed by atoms with Gasteiger partial charge in [-0.05, 0) is 18.8 Å². The first-order valence-corrected chi connectivity index (χ1v) is 10.0. The zero-order valence-electron chi connectivity index (χ0n) is 14.4. The highest BCUT2D eigenvalue weighted by atomic mass is 32.2. The fourth-order valence-corrected chi connectivity index (χ4v) is 3.99. The second kappa shape index (κ2) is 7.62. The number of aromatic amines is 1. The van der Waals surface area contributed by atoms with E-state index < -0.39 is 17.0 Å². The molecule has 0 bridgehead atoms. The van der Waals surface area contributed by atoms with E-state index in [9.17, 15) is 14.4 Å². The van der Waals surface area contributed by atoms with E-state index in [1.54, 1.807) is 0 Å². The standard InChI is InChI=1S/C15H20N6O3S2/c1-7(2)5-17-13-19-20-15(26-13)25-6-9(22)10-11(16)21(8-3-4-8)14(24)18-12(10)23/h7-8H,3-6,16H2,1-2H3,(H,17,19)(H,18,23,24). The Balaban J connectivity index is 1.70. The molecule has 140 valence electrons. The second-order valence-corrected chi connectivity index (χ2v) is 8.68. The number of hydrogen-bond donors (Lipinski definition) is 3. The zero-order valence-corrected chi connectivity index (χ0v) is 16.1. The third kappa shape index (κ3) is 4.15. The van der Waals surface area contributed by atoms with Crippen molar-refractivity contribution in [1.29, 1.82) is 0 Å². The summed E-state index contributed by atoms with van der Waals surface area (Å²) in [6.07, 6.45) is 1.63. The lowest BCUT2D eigenvalue weighted by atomic mass is 10.2. The molecule has 0 unspecified atom stereocenters. The predicted molar refractivity (Wildman–Crippen MR) is 102 cm³/mol. The molecule has 0 aliphatic heterocycles. The molecular weight excluding hydrogens is 376 g/mol. The highest BCUT2D eigenvalue weighted by Gasteiger charge is 2.30. The summed E-state index contributed by atoms with van der Waals surface area (Å²) < 4.78 is 1.92. The van der Waals surface area contributed by atoms with Gasteiger partial charge >= 0.3 is 5.69 Å². The van der Waals surface area contributed by atoms with Gasteiger partial charge in [0.05, 0.1) is 5.75 Å². The normalized spacial score (nSPS) is 14.0. The lowest BCUT2D eigenvalue weighted by molar-refractivity contribution is 0.102. The van der Waals surface area contributed by atoms with E-state index in [2.05, 4.69) is 34.3 Å². The van der Waals surface area contributed by atoms with Crippen LogP contribution in [0.25, 0.3) is 0 Å². The summed E-state index contributed by atoms with van der Waals surface area (Å²) in [6, 6.07) is -0.0312. The van der Waals surface area contributed by atoms with Gasteiger partial charge in [0, 0.05) is 12.6 Å². The van der Waals surface area contributed by atoms with Crippen molar-refractivity contribution >= 4 is 39.8 Å². The monoisotopic (exact) mass is 396 g/mol. The summed E-state index contributed by atoms with van der Waals surface area (Å²) in [6.45, 7) is 4.96. The highest BCUT2D eigenvalue weighted by Crippen LogP contribution is 2.35. The Morgan fingerprint density at radius 1 is 1.42 bits per heavy atom. The quantitative estimate of drug-likeness (QED) is 0.449. The molecule has 1 aliphatic carbocycles. The van der Waals surface area contributed by atoms with Crippen molar-refractivity contribution in [2.45, 2.75) is 37.1 Å². The number of anilines is 2. The number of ketones is 1. The van der Waals surface area contributed by atoms with Gasteiger partial charge in [-0.1, -0.05) is 36.9 Å². The van der Waals surface area contributed by atoms with E-state index in [4.69, 9.17) is 5.73 Å². The van der Waals surface area contributed by atoms with E-state index in [1.807, 2.05) is 0 Å². The van der Waals surface area contributed by atoms with Gasteiger partial charge in [-0.2, -0.15) is 0 Å². The van der Waals surface area contributed by atoms with Crippen LogP contribution in [0, 0.1) is 5.92 Å². The summed E-state index contributed by atoms with van der Waals surface area (Å²) in [5.41, 5.74) is 4.48. The molecule has 2 heterocycles. The number of nitrogens with two attached hydrogens (primary N) is 1. The number of hydrogen-bond acceptors (Lipinski definition) is 9. The van der Waals surface area contributed by atoms with Gasteiger partial charge in [-0.15, -0.1) is 10.2 Å². The molecule has 26 heavy (non-hydrogen) atoms. The Bertz CT molecular complexity index is 928. The summed E-state index contributed by atoms with van der Waals surface area (Å²) in [5, 5.41) is 11.9. The first-order valence-electron chi connectivity index (χ1n) is 8.24. The lowest BCUT2D eigenvalue weighted by Crippen LogP contribution is -2.36. The topological polar surface area (TPSA) is 136 Å². The van der Waals surface area contributed by atoms with Crippen LogP contribution in [0.5, 0.6) is 0 Å². The maximum atomic E-state index is 12.5. The average molecular weight is 396 g/mol. The van der Waals surface area contributed by atoms with E-state index in [-0.39, 0.29) is 23.2 Å². The largest absolute Gasteiger partial charge is 0.384 e. The van der Waals surface area contributed by atoms with Crippen LogP contribution < -0.4 is 22.3 Å². The minimum absolute atomic E-state index is 0.00500. The van der Waals surface area contributed by atoms with Crippen LogP contribution in [-0.2, 0) is 0 Å². The first-order chi connectivity index (χ1) is 12.4. The molecule has 0 amide bonds. The summed E-state index contributed by atoms with van der Waals surface area (Å²) >= 11 is 2.54. The van der Waals surface area contributed by atoms with Crippen molar-refractivity contribution in [3.8, 4) is 0 Å². The minimum atomic E-state index is -0.744. The van der Waals surface area contributed by atoms with E-state index in [0.29, 0.717) is 15.4 Å². The molecule has 9 nitrogen and oxygen atoms in total. The van der Waals surface area contributed by atoms with Crippen LogP contribution in [0.4, 0.5) is 10.9 Å². The smallest absolute Gasteiger partial charge is 0.330 e. The van der Waals surface area contributed by atoms with Crippen LogP contribution in [0.2, 0.25) is 0 Å². The van der Waals surface area contributed by atoms with Crippen molar-refractivity contribution in [2.24, 2.45) is 5.92 Å². The number of rotatable bonds is 8. The number of aromatic nitrogens is 4. The van der Waals surface area contributed by atoms with Crippen LogP contribution in [-0.4, -0.2) is 37.8 Å². The van der Waals surface area contributed by atoms with Gasteiger partial charge in [-0.25, -0.2) is 4.79 Å². The van der Waals surface area contributed by atoms with Crippen molar-refractivity contribution in [2.75, 3.05) is 23.3 Å². The molecule has 0 radical (unpaired) electrons. The minimum Gasteiger partial charge on any atom is -0.384 e. The Morgan fingerprint density at radius 3 is 2.81 bits per heavy atom. The number of nitrogen functional groups attached to an aromatic ring is 1. The van der Waals surface area contributed by atoms with Crippen molar-refractivity contribution in [3.63, 3.8) is 0 Å². The summed E-state index contributed by atoms with van der Waals surface area (Å²) in [4.78, 5) is 38.6. The second-order valence-electron chi connectivity index (χ2n) is 6.48. The van der Waals surface area contributed by atoms with Gasteiger partial charge < -0.3 is 11.1 Å². The van der Waals surface area contributed by atoms with Gasteiger partial charge in [0.2, 0.25) is 5.13 Å². The number of Topliss-reactive ketones (excluding diaryl/α,β-unsaturated/α-hetero) is 1. The Hall–Kier alpha value is -2.14. The third-order valence-corrected chi connectivity index (χ3v) is 5.78. The van der Waals surface area contributed by atoms with Crippen LogP contribution >= 0.6 is 23.1 Å². The molecule has 0 saturated heterocycles. The average Bonchev–Trinajstić information content (AvgIpc) is 3.28. The van der Waals surface area contributed by atoms with E-state index in [1.165, 1.54) is 27.7 Å². The number of nitrogens with zero attached hydrogens (tertiary/aromatic N) is 3. The van der Waals surface area contributed by atoms with Crippen LogP contribution in [0.15, 0.2) is 13.9 Å². The van der Waals surface area contributed by atoms with Gasteiger partial charge in [-0.3, -0.25) is 19.1 Å². The third-order valence-electron chi connectivity index (χ3n) is 3.77. The SMILES string of the molecule is CC(C)CNc1nnc(SCC(=O)c2c(N)n(C3CC3)c(=O)[nH]c2=O)s1.